The van der Waals surface area contributed by atoms with E-state index >= 15 is 0 Å². The minimum Gasteiger partial charge on any atom is -0.316 e. The molecule has 2 aromatic rings. The van der Waals surface area contributed by atoms with Gasteiger partial charge in [0.25, 0.3) is 0 Å². The maximum atomic E-state index is 13.1. The summed E-state index contributed by atoms with van der Waals surface area (Å²) in [5.41, 5.74) is 2.45. The molecule has 5 heteroatoms. The van der Waals surface area contributed by atoms with Gasteiger partial charge in [-0.25, -0.2) is 9.07 Å². The third-order valence-corrected chi connectivity index (χ3v) is 5.44. The largest absolute Gasteiger partial charge is 0.316 e. The van der Waals surface area contributed by atoms with E-state index in [-0.39, 0.29) is 5.82 Å². The number of nitrogens with one attached hydrogen (secondary N) is 1. The van der Waals surface area contributed by atoms with Crippen molar-refractivity contribution in [3.05, 3.63) is 48.0 Å². The normalized spacial score (nSPS) is 25.2. The minimum absolute atomic E-state index is 0.217. The highest BCUT2D eigenvalue weighted by Crippen LogP contribution is 2.35. The Bertz CT molecular complexity index is 673. The van der Waals surface area contributed by atoms with E-state index in [9.17, 15) is 4.39 Å². The zero-order valence-corrected chi connectivity index (χ0v) is 14.0. The monoisotopic (exact) mass is 328 g/mol. The Morgan fingerprint density at radius 3 is 2.79 bits per heavy atom. The Hall–Kier alpha value is -1.72. The summed E-state index contributed by atoms with van der Waals surface area (Å²) in [5.74, 6) is -0.217. The average molecular weight is 328 g/mol. The van der Waals surface area contributed by atoms with Crippen LogP contribution in [0, 0.1) is 11.2 Å². The van der Waals surface area contributed by atoms with E-state index in [0.29, 0.717) is 5.41 Å². The summed E-state index contributed by atoms with van der Waals surface area (Å²) in [5, 5.41) is 8.23. The molecule has 1 spiro atoms. The van der Waals surface area contributed by atoms with E-state index in [1.54, 1.807) is 12.1 Å². The van der Waals surface area contributed by atoms with E-state index < -0.39 is 0 Å². The van der Waals surface area contributed by atoms with Crippen LogP contribution in [0.15, 0.2) is 36.5 Å². The Morgan fingerprint density at radius 1 is 1.12 bits per heavy atom. The summed E-state index contributed by atoms with van der Waals surface area (Å²) in [6, 6.07) is 8.55. The van der Waals surface area contributed by atoms with Crippen molar-refractivity contribution in [3.63, 3.8) is 0 Å². The minimum atomic E-state index is -0.217. The lowest BCUT2D eigenvalue weighted by atomic mass is 9.82. The summed E-state index contributed by atoms with van der Waals surface area (Å²) >= 11 is 0. The van der Waals surface area contributed by atoms with Crippen LogP contribution >= 0.6 is 0 Å². The van der Waals surface area contributed by atoms with Crippen molar-refractivity contribution in [1.29, 1.82) is 0 Å². The van der Waals surface area contributed by atoms with Gasteiger partial charge < -0.3 is 5.32 Å². The maximum Gasteiger partial charge on any atom is 0.123 e. The van der Waals surface area contributed by atoms with Gasteiger partial charge in [0.05, 0.1) is 11.4 Å². The van der Waals surface area contributed by atoms with Crippen LogP contribution in [0.1, 0.15) is 31.4 Å². The van der Waals surface area contributed by atoms with Gasteiger partial charge in [-0.2, -0.15) is 5.10 Å². The van der Waals surface area contributed by atoms with Crippen LogP contribution in [0.4, 0.5) is 4.39 Å². The smallest absolute Gasteiger partial charge is 0.123 e. The molecule has 2 aliphatic heterocycles. The van der Waals surface area contributed by atoms with Crippen molar-refractivity contribution in [2.75, 3.05) is 26.2 Å². The summed E-state index contributed by atoms with van der Waals surface area (Å²) in [6.07, 6.45) is 7.23. The Morgan fingerprint density at radius 2 is 2.00 bits per heavy atom. The van der Waals surface area contributed by atoms with Crippen LogP contribution in [-0.4, -0.2) is 40.9 Å². The van der Waals surface area contributed by atoms with Crippen molar-refractivity contribution in [2.24, 2.45) is 5.41 Å². The maximum absolute atomic E-state index is 13.1. The van der Waals surface area contributed by atoms with E-state index in [0.717, 1.165) is 37.6 Å². The molecule has 0 aliphatic carbocycles. The molecule has 1 N–H and O–H groups in total. The molecular formula is C19H25FN4. The lowest BCUT2D eigenvalue weighted by Gasteiger charge is -2.31. The number of halogens is 1. The van der Waals surface area contributed by atoms with Crippen LogP contribution in [-0.2, 0) is 6.54 Å². The number of benzene rings is 1. The van der Waals surface area contributed by atoms with Gasteiger partial charge in [0, 0.05) is 25.8 Å². The molecule has 0 radical (unpaired) electrons. The van der Waals surface area contributed by atoms with Crippen molar-refractivity contribution >= 4 is 0 Å². The van der Waals surface area contributed by atoms with E-state index in [1.165, 1.54) is 44.4 Å². The molecule has 2 fully saturated rings. The standard InChI is InChI=1S/C19H25FN4/c20-16-3-5-18(6-4-16)24-12-7-17(22-24)13-23-11-2-1-8-19(15-23)9-10-21-14-19/h3-7,12,21H,1-2,8-11,13-15H2. The molecule has 4 rings (SSSR count). The molecule has 0 saturated carbocycles. The average Bonchev–Trinajstić information content (AvgIpc) is 3.17. The highest BCUT2D eigenvalue weighted by Gasteiger charge is 2.36. The fourth-order valence-corrected chi connectivity index (χ4v) is 4.16. The van der Waals surface area contributed by atoms with E-state index in [2.05, 4.69) is 21.4 Å². The lowest BCUT2D eigenvalue weighted by Crippen LogP contribution is -2.37. The molecule has 128 valence electrons. The molecule has 3 heterocycles. The van der Waals surface area contributed by atoms with Crippen molar-refractivity contribution in [3.8, 4) is 5.69 Å². The third kappa shape index (κ3) is 3.37. The summed E-state index contributed by atoms with van der Waals surface area (Å²) in [4.78, 5) is 2.57. The fraction of sp³-hybridized carbons (Fsp3) is 0.526. The van der Waals surface area contributed by atoms with E-state index in [4.69, 9.17) is 0 Å². The second kappa shape index (κ2) is 6.65. The highest BCUT2D eigenvalue weighted by molar-refractivity contribution is 5.31. The highest BCUT2D eigenvalue weighted by atomic mass is 19.1. The fourth-order valence-electron chi connectivity index (χ4n) is 4.16. The summed E-state index contributed by atoms with van der Waals surface area (Å²) in [7, 11) is 0. The second-order valence-electron chi connectivity index (χ2n) is 7.32. The van der Waals surface area contributed by atoms with Crippen molar-refractivity contribution in [2.45, 2.75) is 32.2 Å². The molecule has 24 heavy (non-hydrogen) atoms. The molecule has 2 aliphatic rings. The van der Waals surface area contributed by atoms with Gasteiger partial charge in [0.2, 0.25) is 0 Å². The molecular weight excluding hydrogens is 303 g/mol. The van der Waals surface area contributed by atoms with Crippen molar-refractivity contribution < 1.29 is 4.39 Å². The molecule has 0 bridgehead atoms. The van der Waals surface area contributed by atoms with Crippen molar-refractivity contribution in [1.82, 2.24) is 20.0 Å². The SMILES string of the molecule is Fc1ccc(-n2ccc(CN3CCCCC4(CCNC4)C3)n2)cc1. The zero-order valence-electron chi connectivity index (χ0n) is 14.0. The molecule has 0 amide bonds. The molecule has 4 nitrogen and oxygen atoms in total. The first-order valence-corrected chi connectivity index (χ1v) is 8.96. The topological polar surface area (TPSA) is 33.1 Å². The number of hydrogen-bond acceptors (Lipinski definition) is 3. The van der Waals surface area contributed by atoms with Crippen LogP contribution < -0.4 is 5.32 Å². The Balaban J connectivity index is 1.46. The predicted molar refractivity (Wildman–Crippen MR) is 92.6 cm³/mol. The first kappa shape index (κ1) is 15.8. The summed E-state index contributed by atoms with van der Waals surface area (Å²) in [6.45, 7) is 5.55. The van der Waals surface area contributed by atoms with Gasteiger partial charge in [-0.15, -0.1) is 0 Å². The number of likely N-dealkylation sites (tertiary alicyclic amines) is 1. The molecule has 1 aromatic carbocycles. The first-order chi connectivity index (χ1) is 11.7. The van der Waals surface area contributed by atoms with Crippen LogP contribution in [0.3, 0.4) is 0 Å². The number of aromatic nitrogens is 2. The molecule has 1 aromatic heterocycles. The Kier molecular flexibility index (Phi) is 4.37. The van der Waals surface area contributed by atoms with Gasteiger partial charge in [0.15, 0.2) is 0 Å². The lowest BCUT2D eigenvalue weighted by molar-refractivity contribution is 0.171. The number of hydrogen-bond donors (Lipinski definition) is 1. The number of rotatable bonds is 3. The Labute approximate surface area is 142 Å². The third-order valence-electron chi connectivity index (χ3n) is 5.44. The molecule has 1 atom stereocenters. The van der Waals surface area contributed by atoms with E-state index in [1.807, 2.05) is 10.9 Å². The van der Waals surface area contributed by atoms with Crippen LogP contribution in [0.5, 0.6) is 0 Å². The van der Waals surface area contributed by atoms with Crippen LogP contribution in [0.2, 0.25) is 0 Å². The summed E-state index contributed by atoms with van der Waals surface area (Å²) < 4.78 is 14.9. The molecule has 1 unspecified atom stereocenters. The quantitative estimate of drug-likeness (QED) is 0.940. The zero-order chi connectivity index (χ0) is 16.4. The van der Waals surface area contributed by atoms with Crippen LogP contribution in [0.25, 0.3) is 5.69 Å². The van der Waals surface area contributed by atoms with Gasteiger partial charge >= 0.3 is 0 Å². The number of nitrogens with zero attached hydrogens (tertiary/aromatic N) is 3. The van der Waals surface area contributed by atoms with Gasteiger partial charge in [-0.05, 0) is 68.1 Å². The second-order valence-corrected chi connectivity index (χ2v) is 7.32. The van der Waals surface area contributed by atoms with Gasteiger partial charge in [-0.3, -0.25) is 4.90 Å². The first-order valence-electron chi connectivity index (χ1n) is 8.96. The van der Waals surface area contributed by atoms with Gasteiger partial charge in [0.1, 0.15) is 5.82 Å². The predicted octanol–water partition coefficient (Wildman–Crippen LogP) is 2.98. The molecule has 2 saturated heterocycles. The van der Waals surface area contributed by atoms with Gasteiger partial charge in [-0.1, -0.05) is 6.42 Å².